The Balaban J connectivity index is 2.50. The van der Waals surface area contributed by atoms with Gasteiger partial charge in [-0.15, -0.1) is 0 Å². The smallest absolute Gasteiger partial charge is 0.337 e. The van der Waals surface area contributed by atoms with Crippen LogP contribution in [0.15, 0.2) is 23.4 Å². The van der Waals surface area contributed by atoms with Crippen LogP contribution >= 0.6 is 11.8 Å². The molecule has 78 valence electrons. The number of aromatic amines is 1. The Morgan fingerprint density at radius 1 is 1.53 bits per heavy atom. The molecule has 0 atom stereocenters. The molecule has 2 aromatic rings. The Morgan fingerprint density at radius 2 is 2.33 bits per heavy atom. The number of hydrogen-bond acceptors (Lipinski definition) is 4. The van der Waals surface area contributed by atoms with Gasteiger partial charge in [0.25, 0.3) is 0 Å². The lowest BCUT2D eigenvalue weighted by Crippen LogP contribution is -2.00. The summed E-state index contributed by atoms with van der Waals surface area (Å²) in [6.45, 7) is 0. The number of imidazole rings is 1. The molecule has 0 fully saturated rings. The SMILES string of the molecule is COC(=O)c1ccc2nc(SC)[nH]c2c1. The van der Waals surface area contributed by atoms with E-state index in [1.807, 2.05) is 6.26 Å². The molecule has 1 aromatic carbocycles. The zero-order chi connectivity index (χ0) is 10.8. The van der Waals surface area contributed by atoms with Gasteiger partial charge in [-0.25, -0.2) is 9.78 Å². The van der Waals surface area contributed by atoms with E-state index in [4.69, 9.17) is 0 Å². The summed E-state index contributed by atoms with van der Waals surface area (Å²) in [6, 6.07) is 5.25. The molecule has 2 rings (SSSR count). The maximum Gasteiger partial charge on any atom is 0.337 e. The molecule has 1 heterocycles. The van der Waals surface area contributed by atoms with Gasteiger partial charge in [-0.1, -0.05) is 11.8 Å². The number of rotatable bonds is 2. The second-order valence-corrected chi connectivity index (χ2v) is 3.76. The molecule has 5 heteroatoms. The van der Waals surface area contributed by atoms with Gasteiger partial charge in [0.2, 0.25) is 0 Å². The number of methoxy groups -OCH3 is 1. The highest BCUT2D eigenvalue weighted by Gasteiger charge is 2.08. The predicted molar refractivity (Wildman–Crippen MR) is 59.2 cm³/mol. The third-order valence-corrected chi connectivity index (χ3v) is 2.65. The maximum absolute atomic E-state index is 11.3. The van der Waals surface area contributed by atoms with Gasteiger partial charge in [-0.2, -0.15) is 0 Å². The highest BCUT2D eigenvalue weighted by Crippen LogP contribution is 2.18. The van der Waals surface area contributed by atoms with Gasteiger partial charge >= 0.3 is 5.97 Å². The largest absolute Gasteiger partial charge is 0.465 e. The van der Waals surface area contributed by atoms with E-state index in [1.54, 1.807) is 18.2 Å². The first kappa shape index (κ1) is 10.0. The fraction of sp³-hybridized carbons (Fsp3) is 0.200. The number of thioether (sulfide) groups is 1. The number of ether oxygens (including phenoxy) is 1. The zero-order valence-corrected chi connectivity index (χ0v) is 9.22. The highest BCUT2D eigenvalue weighted by molar-refractivity contribution is 7.98. The third kappa shape index (κ3) is 1.83. The van der Waals surface area contributed by atoms with Crippen molar-refractivity contribution >= 4 is 28.8 Å². The van der Waals surface area contributed by atoms with Crippen LogP contribution in [-0.2, 0) is 4.74 Å². The Labute approximate surface area is 91.0 Å². The molecule has 0 radical (unpaired) electrons. The average Bonchev–Trinajstić information content (AvgIpc) is 2.69. The number of H-pyrrole nitrogens is 1. The fourth-order valence-corrected chi connectivity index (χ4v) is 1.73. The van der Waals surface area contributed by atoms with Gasteiger partial charge in [0.05, 0.1) is 23.7 Å². The Kier molecular flexibility index (Phi) is 2.64. The van der Waals surface area contributed by atoms with Crippen LogP contribution in [0.25, 0.3) is 11.0 Å². The summed E-state index contributed by atoms with van der Waals surface area (Å²) in [7, 11) is 1.37. The second-order valence-electron chi connectivity index (χ2n) is 2.97. The number of esters is 1. The first-order chi connectivity index (χ1) is 7.24. The van der Waals surface area contributed by atoms with E-state index < -0.39 is 0 Å². The van der Waals surface area contributed by atoms with E-state index in [9.17, 15) is 4.79 Å². The minimum absolute atomic E-state index is 0.336. The van der Waals surface area contributed by atoms with Crippen molar-refractivity contribution in [2.45, 2.75) is 5.16 Å². The van der Waals surface area contributed by atoms with Crippen molar-refractivity contribution in [1.82, 2.24) is 9.97 Å². The lowest BCUT2D eigenvalue weighted by atomic mass is 10.2. The van der Waals surface area contributed by atoms with Crippen LogP contribution in [0.1, 0.15) is 10.4 Å². The van der Waals surface area contributed by atoms with Gasteiger partial charge < -0.3 is 9.72 Å². The summed E-state index contributed by atoms with van der Waals surface area (Å²) < 4.78 is 4.64. The molecule has 0 spiro atoms. The molecule has 0 aliphatic carbocycles. The molecule has 0 saturated carbocycles. The maximum atomic E-state index is 11.3. The zero-order valence-electron chi connectivity index (χ0n) is 8.40. The Bertz CT molecular complexity index is 507. The molecule has 0 saturated heterocycles. The number of benzene rings is 1. The predicted octanol–water partition coefficient (Wildman–Crippen LogP) is 2.07. The van der Waals surface area contributed by atoms with Crippen LogP contribution in [0.4, 0.5) is 0 Å². The molecular weight excluding hydrogens is 212 g/mol. The lowest BCUT2D eigenvalue weighted by Gasteiger charge is -1.97. The fourth-order valence-electron chi connectivity index (χ4n) is 1.33. The first-order valence-corrected chi connectivity index (χ1v) is 5.59. The summed E-state index contributed by atoms with van der Waals surface area (Å²) in [4.78, 5) is 18.7. The molecule has 0 aliphatic rings. The number of hydrogen-bond donors (Lipinski definition) is 1. The van der Waals surface area contributed by atoms with Crippen LogP contribution in [-0.4, -0.2) is 29.3 Å². The van der Waals surface area contributed by atoms with Crippen LogP contribution in [0.2, 0.25) is 0 Å². The number of fused-ring (bicyclic) bond motifs is 1. The van der Waals surface area contributed by atoms with E-state index in [0.29, 0.717) is 5.56 Å². The summed E-state index contributed by atoms with van der Waals surface area (Å²) >= 11 is 1.53. The van der Waals surface area contributed by atoms with Crippen LogP contribution in [0, 0.1) is 0 Å². The van der Waals surface area contributed by atoms with Crippen LogP contribution < -0.4 is 0 Å². The monoisotopic (exact) mass is 222 g/mol. The number of carbonyl (C=O) groups is 1. The van der Waals surface area contributed by atoms with Gasteiger partial charge in [0.15, 0.2) is 5.16 Å². The van der Waals surface area contributed by atoms with Crippen molar-refractivity contribution in [3.05, 3.63) is 23.8 Å². The molecule has 0 bridgehead atoms. The van der Waals surface area contributed by atoms with Crippen molar-refractivity contribution in [2.75, 3.05) is 13.4 Å². The molecule has 1 aromatic heterocycles. The van der Waals surface area contributed by atoms with Gasteiger partial charge in [0, 0.05) is 0 Å². The van der Waals surface area contributed by atoms with Crippen molar-refractivity contribution in [1.29, 1.82) is 0 Å². The van der Waals surface area contributed by atoms with Crippen molar-refractivity contribution in [2.24, 2.45) is 0 Å². The molecule has 15 heavy (non-hydrogen) atoms. The average molecular weight is 222 g/mol. The molecule has 0 unspecified atom stereocenters. The van der Waals surface area contributed by atoms with E-state index in [2.05, 4.69) is 14.7 Å². The van der Waals surface area contributed by atoms with Gasteiger partial charge in [-0.3, -0.25) is 0 Å². The summed E-state index contributed by atoms with van der Waals surface area (Å²) in [5.41, 5.74) is 2.23. The first-order valence-electron chi connectivity index (χ1n) is 4.36. The highest BCUT2D eigenvalue weighted by atomic mass is 32.2. The van der Waals surface area contributed by atoms with E-state index >= 15 is 0 Å². The standard InChI is InChI=1S/C10H10N2O2S/c1-14-9(13)6-3-4-7-8(5-6)12-10(11-7)15-2/h3-5H,1-2H3,(H,11,12). The molecule has 0 amide bonds. The van der Waals surface area contributed by atoms with Crippen LogP contribution in [0.3, 0.4) is 0 Å². The number of nitrogens with zero attached hydrogens (tertiary/aromatic N) is 1. The quantitative estimate of drug-likeness (QED) is 0.624. The number of carbonyl (C=O) groups excluding carboxylic acids is 1. The van der Waals surface area contributed by atoms with Gasteiger partial charge in [-0.05, 0) is 24.5 Å². The van der Waals surface area contributed by atoms with Crippen molar-refractivity contribution in [3.8, 4) is 0 Å². The Hall–Kier alpha value is -1.49. The molecule has 4 nitrogen and oxygen atoms in total. The molecule has 0 aliphatic heterocycles. The second kappa shape index (κ2) is 3.94. The minimum atomic E-state index is -0.336. The Morgan fingerprint density at radius 3 is 3.00 bits per heavy atom. The van der Waals surface area contributed by atoms with Crippen molar-refractivity contribution < 1.29 is 9.53 Å². The van der Waals surface area contributed by atoms with E-state index in [0.717, 1.165) is 16.2 Å². The normalized spacial score (nSPS) is 10.5. The van der Waals surface area contributed by atoms with E-state index in [-0.39, 0.29) is 5.97 Å². The van der Waals surface area contributed by atoms with E-state index in [1.165, 1.54) is 18.9 Å². The minimum Gasteiger partial charge on any atom is -0.465 e. The topological polar surface area (TPSA) is 55.0 Å². The summed E-state index contributed by atoms with van der Waals surface area (Å²) in [5, 5.41) is 0.840. The lowest BCUT2D eigenvalue weighted by molar-refractivity contribution is 0.0601. The number of nitrogens with one attached hydrogen (secondary N) is 1. The number of aromatic nitrogens is 2. The summed E-state index contributed by atoms with van der Waals surface area (Å²) in [6.07, 6.45) is 1.94. The van der Waals surface area contributed by atoms with Crippen LogP contribution in [0.5, 0.6) is 0 Å². The molecular formula is C10H10N2O2S. The third-order valence-electron chi connectivity index (χ3n) is 2.07. The van der Waals surface area contributed by atoms with Crippen molar-refractivity contribution in [3.63, 3.8) is 0 Å². The van der Waals surface area contributed by atoms with Gasteiger partial charge in [0.1, 0.15) is 0 Å². The summed E-state index contributed by atoms with van der Waals surface area (Å²) in [5.74, 6) is -0.336. The molecule has 1 N–H and O–H groups in total.